The van der Waals surface area contributed by atoms with Gasteiger partial charge in [-0.15, -0.1) is 0 Å². The summed E-state index contributed by atoms with van der Waals surface area (Å²) in [6.45, 7) is 1.06. The number of carboxylic acid groups (broad SMARTS) is 1. The van der Waals surface area contributed by atoms with Crippen LogP contribution in [0.2, 0.25) is 5.28 Å². The predicted molar refractivity (Wildman–Crippen MR) is 62.2 cm³/mol. The van der Waals surface area contributed by atoms with Crippen molar-refractivity contribution < 1.29 is 18.8 Å². The van der Waals surface area contributed by atoms with Crippen LogP contribution >= 0.6 is 0 Å². The van der Waals surface area contributed by atoms with E-state index in [1.165, 1.54) is 30.3 Å². The van der Waals surface area contributed by atoms with Crippen LogP contribution in [0.25, 0.3) is 0 Å². The Labute approximate surface area is 101 Å². The van der Waals surface area contributed by atoms with Crippen LogP contribution in [0.3, 0.4) is 0 Å². The summed E-state index contributed by atoms with van der Waals surface area (Å²) >= 11 is 0.00849. The van der Waals surface area contributed by atoms with Crippen molar-refractivity contribution in [1.29, 1.82) is 0 Å². The van der Waals surface area contributed by atoms with Crippen molar-refractivity contribution in [2.75, 3.05) is 6.61 Å². The zero-order valence-corrected chi connectivity index (χ0v) is 10.5. The van der Waals surface area contributed by atoms with Crippen molar-refractivity contribution in [3.05, 3.63) is 29.8 Å². The van der Waals surface area contributed by atoms with Gasteiger partial charge < -0.3 is 14.0 Å². The van der Waals surface area contributed by atoms with E-state index in [1.54, 1.807) is 12.1 Å². The van der Waals surface area contributed by atoms with Crippen molar-refractivity contribution >= 4 is 21.5 Å². The third-order valence-electron chi connectivity index (χ3n) is 2.21. The molecule has 1 aromatic carbocycles. The molecule has 1 saturated heterocycles. The fraction of sp³-hybridized carbons (Fsp3) is 0.364. The van der Waals surface area contributed by atoms with E-state index in [9.17, 15) is 4.79 Å². The summed E-state index contributed by atoms with van der Waals surface area (Å²) in [4.78, 5) is 10.3. The molecular weight excluding hydrogens is 223 g/mol. The first-order chi connectivity index (χ1) is 7.72. The second-order valence-corrected chi connectivity index (χ2v) is 5.02. The number of benzene rings is 1. The smallest absolute Gasteiger partial charge is 0.435 e. The van der Waals surface area contributed by atoms with E-state index in [1.807, 2.05) is 0 Å². The number of para-hydroxylation sites is 1. The highest BCUT2D eigenvalue weighted by atomic mass is 27.1. The van der Waals surface area contributed by atoms with Crippen LogP contribution in [0, 0.1) is 0 Å². The minimum Gasteiger partial charge on any atom is -0.507 e. The molecule has 0 unspecified atom stereocenters. The highest BCUT2D eigenvalue weighted by Gasteiger charge is 2.05. The van der Waals surface area contributed by atoms with Gasteiger partial charge in [-0.3, -0.25) is 0 Å². The summed E-state index contributed by atoms with van der Waals surface area (Å²) in [7, 11) is 0. The van der Waals surface area contributed by atoms with Crippen LogP contribution in [0.5, 0.6) is 5.75 Å². The molecule has 2 N–H and O–H groups in total. The highest BCUT2D eigenvalue weighted by Crippen LogP contribution is 2.14. The zero-order chi connectivity index (χ0) is 11.8. The largest absolute Gasteiger partial charge is 0.507 e. The van der Waals surface area contributed by atoms with Gasteiger partial charge in [0.05, 0.1) is 0 Å². The van der Waals surface area contributed by atoms with E-state index in [2.05, 4.69) is 0 Å². The molecule has 0 spiro atoms. The second-order valence-electron chi connectivity index (χ2n) is 3.50. The van der Waals surface area contributed by atoms with E-state index in [0.717, 1.165) is 6.61 Å². The Bertz CT molecular complexity index is 325. The average Bonchev–Trinajstić information content (AvgIpc) is 2.32. The van der Waals surface area contributed by atoms with Gasteiger partial charge in [-0.2, -0.15) is 0 Å². The van der Waals surface area contributed by atoms with Crippen molar-refractivity contribution in [2.24, 2.45) is 0 Å². The lowest BCUT2D eigenvalue weighted by atomic mass is 10.2. The van der Waals surface area contributed by atoms with Crippen LogP contribution < -0.4 is 0 Å². The lowest BCUT2D eigenvalue weighted by molar-refractivity contribution is 0.0694. The Morgan fingerprint density at radius 1 is 1.31 bits per heavy atom. The van der Waals surface area contributed by atoms with Gasteiger partial charge in [0.25, 0.3) is 0 Å². The van der Waals surface area contributed by atoms with E-state index in [-0.39, 0.29) is 26.9 Å². The Hall–Kier alpha value is -1.02. The highest BCUT2D eigenvalue weighted by molar-refractivity contribution is 6.27. The molecule has 1 heterocycles. The fourth-order valence-corrected chi connectivity index (χ4v) is 2.51. The van der Waals surface area contributed by atoms with Crippen molar-refractivity contribution in [2.45, 2.75) is 18.1 Å². The molecule has 1 aliphatic heterocycles. The van der Waals surface area contributed by atoms with Crippen molar-refractivity contribution in [1.82, 2.24) is 0 Å². The number of carboxylic acids is 1. The molecular formula is C11H15AlO4. The molecule has 0 radical (unpaired) electrons. The fourth-order valence-electron chi connectivity index (χ4n) is 1.34. The topological polar surface area (TPSA) is 66.8 Å². The Balaban J connectivity index is 0.000000181. The first-order valence-corrected chi connectivity index (χ1v) is 6.88. The maximum absolute atomic E-state index is 10.3. The SMILES string of the molecule is C1C[CH2][AlH][O]C1.O=C(O)c1ccccc1O. The van der Waals surface area contributed by atoms with Gasteiger partial charge >= 0.3 is 21.5 Å². The Kier molecular flexibility index (Phi) is 5.94. The maximum Gasteiger partial charge on any atom is 0.435 e. The molecule has 0 amide bonds. The minimum absolute atomic E-state index is 0.00849. The van der Waals surface area contributed by atoms with Gasteiger partial charge in [0.15, 0.2) is 0 Å². The van der Waals surface area contributed by atoms with Gasteiger partial charge in [-0.25, -0.2) is 4.79 Å². The van der Waals surface area contributed by atoms with E-state index in [4.69, 9.17) is 14.0 Å². The molecule has 4 nitrogen and oxygen atoms in total. The molecule has 0 aliphatic carbocycles. The van der Waals surface area contributed by atoms with Gasteiger partial charge in [0.2, 0.25) is 0 Å². The normalized spacial score (nSPS) is 14.2. The van der Waals surface area contributed by atoms with Crippen LogP contribution in [0.1, 0.15) is 23.2 Å². The van der Waals surface area contributed by atoms with Gasteiger partial charge in [0.1, 0.15) is 11.3 Å². The van der Waals surface area contributed by atoms with Crippen LogP contribution in [0.4, 0.5) is 0 Å². The van der Waals surface area contributed by atoms with Crippen molar-refractivity contribution in [3.8, 4) is 5.75 Å². The molecule has 86 valence electrons. The number of carbonyl (C=O) groups is 1. The number of phenols is 1. The lowest BCUT2D eigenvalue weighted by Crippen LogP contribution is -2.06. The molecule has 2 rings (SSSR count). The predicted octanol–water partition coefficient (Wildman–Crippen LogP) is 1.66. The summed E-state index contributed by atoms with van der Waals surface area (Å²) in [5, 5.41) is 18.7. The molecule has 1 aliphatic rings. The molecule has 0 bridgehead atoms. The monoisotopic (exact) mass is 238 g/mol. The zero-order valence-electron chi connectivity index (χ0n) is 9.06. The summed E-state index contributed by atoms with van der Waals surface area (Å²) < 4.78 is 5.21. The van der Waals surface area contributed by atoms with Gasteiger partial charge in [-0.1, -0.05) is 23.8 Å². The van der Waals surface area contributed by atoms with Gasteiger partial charge in [0, 0.05) is 6.61 Å². The molecule has 1 fully saturated rings. The molecule has 0 aromatic heterocycles. The van der Waals surface area contributed by atoms with Crippen LogP contribution in [-0.2, 0) is 3.79 Å². The van der Waals surface area contributed by atoms with E-state index >= 15 is 0 Å². The van der Waals surface area contributed by atoms with Gasteiger partial charge in [-0.05, 0) is 18.6 Å². The molecule has 0 atom stereocenters. The first-order valence-electron chi connectivity index (χ1n) is 5.31. The number of rotatable bonds is 1. The van der Waals surface area contributed by atoms with Crippen LogP contribution in [0.15, 0.2) is 24.3 Å². The molecule has 1 aromatic rings. The standard InChI is InChI=1S/C7H6O3.C4H8O.Al.H/c8-6-4-2-1-3-5(6)7(9)10;1-2-3-4-5;;/h1-4,8H,(H,9,10);1-4H2;;/q;-1;+1;. The summed E-state index contributed by atoms with van der Waals surface area (Å²) in [5.41, 5.74) is -0.0671. The Morgan fingerprint density at radius 2 is 2.06 bits per heavy atom. The minimum atomic E-state index is -1.11. The first kappa shape index (κ1) is 13.0. The number of aromatic hydroxyl groups is 1. The maximum atomic E-state index is 10.3. The summed E-state index contributed by atoms with van der Waals surface area (Å²) in [6, 6.07) is 5.81. The third kappa shape index (κ3) is 4.67. The molecule has 16 heavy (non-hydrogen) atoms. The molecule has 0 saturated carbocycles. The quantitative estimate of drug-likeness (QED) is 0.730. The number of hydrogen-bond acceptors (Lipinski definition) is 3. The number of aromatic carboxylic acids is 1. The molecule has 5 heteroatoms. The van der Waals surface area contributed by atoms with Crippen LogP contribution in [-0.4, -0.2) is 38.3 Å². The Morgan fingerprint density at radius 3 is 2.38 bits per heavy atom. The average molecular weight is 238 g/mol. The third-order valence-corrected chi connectivity index (χ3v) is 3.58. The van der Waals surface area contributed by atoms with E-state index in [0.29, 0.717) is 0 Å². The van der Waals surface area contributed by atoms with Crippen molar-refractivity contribution in [3.63, 3.8) is 0 Å². The second kappa shape index (κ2) is 7.29. The summed E-state index contributed by atoms with van der Waals surface area (Å²) in [6.07, 6.45) is 2.75. The summed E-state index contributed by atoms with van der Waals surface area (Å²) in [5.74, 6) is -1.31. The lowest BCUT2D eigenvalue weighted by Gasteiger charge is -2.06. The number of hydrogen-bond donors (Lipinski definition) is 2. The van der Waals surface area contributed by atoms with E-state index < -0.39 is 5.97 Å².